The maximum Gasteiger partial charge on any atom is 0.0217 e. The second kappa shape index (κ2) is 6.39. The molecule has 1 atom stereocenters. The number of aromatic amines is 1. The lowest BCUT2D eigenvalue weighted by molar-refractivity contribution is 0.345. The van der Waals surface area contributed by atoms with Crippen molar-refractivity contribution in [3.8, 4) is 0 Å². The molecule has 0 aromatic carbocycles. The van der Waals surface area contributed by atoms with Crippen molar-refractivity contribution in [2.45, 2.75) is 38.5 Å². The first-order valence-electron chi connectivity index (χ1n) is 7.24. The Hall–Kier alpha value is -0.800. The van der Waals surface area contributed by atoms with Crippen LogP contribution < -0.4 is 10.6 Å². The number of piperidine rings is 1. The lowest BCUT2D eigenvalue weighted by Gasteiger charge is -2.26. The van der Waals surface area contributed by atoms with Gasteiger partial charge in [0.25, 0.3) is 0 Å². The van der Waals surface area contributed by atoms with Gasteiger partial charge in [0.15, 0.2) is 0 Å². The van der Waals surface area contributed by atoms with Crippen LogP contribution >= 0.6 is 0 Å². The molecular weight excluding hydrogens is 222 g/mol. The summed E-state index contributed by atoms with van der Waals surface area (Å²) in [4.78, 5) is 3.32. The fourth-order valence-electron chi connectivity index (χ4n) is 2.72. The maximum absolute atomic E-state index is 3.61. The van der Waals surface area contributed by atoms with Crippen LogP contribution in [-0.2, 0) is 5.41 Å². The molecule has 0 amide bonds. The lowest BCUT2D eigenvalue weighted by atomic mass is 9.89. The predicted octanol–water partition coefficient (Wildman–Crippen LogP) is 2.27. The third kappa shape index (κ3) is 3.85. The van der Waals surface area contributed by atoms with E-state index in [0.717, 1.165) is 19.0 Å². The van der Waals surface area contributed by atoms with Gasteiger partial charge < -0.3 is 15.6 Å². The number of H-pyrrole nitrogens is 1. The van der Waals surface area contributed by atoms with E-state index in [9.17, 15) is 0 Å². The van der Waals surface area contributed by atoms with Gasteiger partial charge >= 0.3 is 0 Å². The van der Waals surface area contributed by atoms with Crippen molar-refractivity contribution in [2.75, 3.05) is 26.2 Å². The molecule has 0 saturated carbocycles. The Morgan fingerprint density at radius 2 is 2.33 bits per heavy atom. The van der Waals surface area contributed by atoms with E-state index in [0.29, 0.717) is 0 Å². The van der Waals surface area contributed by atoms with Gasteiger partial charge in [-0.15, -0.1) is 0 Å². The molecule has 1 aromatic rings. The number of hydrogen-bond donors (Lipinski definition) is 3. The van der Waals surface area contributed by atoms with E-state index >= 15 is 0 Å². The topological polar surface area (TPSA) is 39.8 Å². The fourth-order valence-corrected chi connectivity index (χ4v) is 2.72. The first-order chi connectivity index (χ1) is 8.68. The van der Waals surface area contributed by atoms with Gasteiger partial charge in [0.1, 0.15) is 0 Å². The van der Waals surface area contributed by atoms with Gasteiger partial charge in [0.05, 0.1) is 0 Å². The summed E-state index contributed by atoms with van der Waals surface area (Å²) in [5.74, 6) is 0.875. The molecule has 1 unspecified atom stereocenters. The zero-order chi connectivity index (χ0) is 12.8. The minimum Gasteiger partial charge on any atom is -0.365 e. The lowest BCUT2D eigenvalue weighted by Crippen LogP contribution is -2.36. The molecule has 1 saturated heterocycles. The largest absolute Gasteiger partial charge is 0.365 e. The average molecular weight is 249 g/mol. The molecule has 1 aliphatic heterocycles. The van der Waals surface area contributed by atoms with Gasteiger partial charge in [-0.25, -0.2) is 0 Å². The molecule has 3 nitrogen and oxygen atoms in total. The summed E-state index contributed by atoms with van der Waals surface area (Å²) >= 11 is 0. The molecule has 0 bridgehead atoms. The molecule has 0 aliphatic carbocycles. The molecule has 3 heteroatoms. The number of nitrogens with one attached hydrogen (secondary N) is 3. The van der Waals surface area contributed by atoms with Gasteiger partial charge in [0, 0.05) is 23.9 Å². The van der Waals surface area contributed by atoms with Crippen LogP contribution in [0.5, 0.6) is 0 Å². The Morgan fingerprint density at radius 3 is 3.00 bits per heavy atom. The van der Waals surface area contributed by atoms with Crippen molar-refractivity contribution in [2.24, 2.45) is 5.92 Å². The Morgan fingerprint density at radius 1 is 1.44 bits per heavy atom. The van der Waals surface area contributed by atoms with Crippen LogP contribution in [0.15, 0.2) is 18.3 Å². The van der Waals surface area contributed by atoms with Crippen LogP contribution in [-0.4, -0.2) is 31.2 Å². The second-order valence-corrected chi connectivity index (χ2v) is 6.15. The molecule has 18 heavy (non-hydrogen) atoms. The summed E-state index contributed by atoms with van der Waals surface area (Å²) < 4.78 is 0. The third-order valence-corrected chi connectivity index (χ3v) is 4.02. The Balaban J connectivity index is 1.65. The van der Waals surface area contributed by atoms with E-state index in [1.807, 2.05) is 6.20 Å². The highest BCUT2D eigenvalue weighted by atomic mass is 14.9. The van der Waals surface area contributed by atoms with Gasteiger partial charge in [-0.1, -0.05) is 13.8 Å². The minimum absolute atomic E-state index is 0.189. The highest BCUT2D eigenvalue weighted by Crippen LogP contribution is 2.20. The van der Waals surface area contributed by atoms with Gasteiger partial charge in [0.2, 0.25) is 0 Å². The molecule has 1 fully saturated rings. The Labute approximate surface area is 111 Å². The van der Waals surface area contributed by atoms with Gasteiger partial charge in [-0.3, -0.25) is 0 Å². The van der Waals surface area contributed by atoms with Crippen molar-refractivity contribution < 1.29 is 0 Å². The smallest absolute Gasteiger partial charge is 0.0217 e. The van der Waals surface area contributed by atoms with Crippen molar-refractivity contribution >= 4 is 0 Å². The summed E-state index contributed by atoms with van der Waals surface area (Å²) in [6, 6.07) is 4.25. The summed E-state index contributed by atoms with van der Waals surface area (Å²) in [6.07, 6.45) is 6.05. The maximum atomic E-state index is 3.61. The van der Waals surface area contributed by atoms with Crippen molar-refractivity contribution in [1.29, 1.82) is 0 Å². The quantitative estimate of drug-likeness (QED) is 0.677. The number of aromatic nitrogens is 1. The highest BCUT2D eigenvalue weighted by molar-refractivity contribution is 5.15. The average Bonchev–Trinajstić information content (AvgIpc) is 2.91. The zero-order valence-electron chi connectivity index (χ0n) is 11.8. The monoisotopic (exact) mass is 249 g/mol. The first kappa shape index (κ1) is 13.6. The molecule has 3 N–H and O–H groups in total. The molecule has 1 aromatic heterocycles. The first-order valence-corrected chi connectivity index (χ1v) is 7.24. The minimum atomic E-state index is 0.189. The van der Waals surface area contributed by atoms with Crippen molar-refractivity contribution in [3.63, 3.8) is 0 Å². The number of hydrogen-bond acceptors (Lipinski definition) is 2. The van der Waals surface area contributed by atoms with Crippen LogP contribution in [0.1, 0.15) is 38.8 Å². The van der Waals surface area contributed by atoms with E-state index in [1.54, 1.807) is 0 Å². The highest BCUT2D eigenvalue weighted by Gasteiger charge is 2.21. The van der Waals surface area contributed by atoms with Crippen LogP contribution in [0.4, 0.5) is 0 Å². The molecule has 2 heterocycles. The third-order valence-electron chi connectivity index (χ3n) is 4.02. The van der Waals surface area contributed by atoms with Crippen LogP contribution in [0.3, 0.4) is 0 Å². The Kier molecular flexibility index (Phi) is 4.84. The summed E-state index contributed by atoms with van der Waals surface area (Å²) in [7, 11) is 0. The zero-order valence-corrected chi connectivity index (χ0v) is 11.8. The Bertz CT molecular complexity index is 324. The van der Waals surface area contributed by atoms with E-state index < -0.39 is 0 Å². The van der Waals surface area contributed by atoms with E-state index in [-0.39, 0.29) is 5.41 Å². The molecular formula is C15H27N3. The summed E-state index contributed by atoms with van der Waals surface area (Å²) in [5, 5.41) is 7.10. The fraction of sp³-hybridized carbons (Fsp3) is 0.733. The van der Waals surface area contributed by atoms with Crippen LogP contribution in [0, 0.1) is 5.92 Å². The normalized spacial score (nSPS) is 21.1. The van der Waals surface area contributed by atoms with E-state index in [2.05, 4.69) is 41.6 Å². The summed E-state index contributed by atoms with van der Waals surface area (Å²) in [6.45, 7) is 9.16. The van der Waals surface area contributed by atoms with Gasteiger partial charge in [-0.05, 0) is 56.9 Å². The number of rotatable bonds is 6. The standard InChI is InChI=1S/C15H27N3/c1-15(2,14-6-4-9-18-14)12-17-10-7-13-5-3-8-16-11-13/h4,6,9,13,16-18H,3,5,7-8,10-12H2,1-2H3. The van der Waals surface area contributed by atoms with Crippen molar-refractivity contribution in [3.05, 3.63) is 24.0 Å². The SMILES string of the molecule is CC(C)(CNCCC1CCCNC1)c1ccc[nH]1. The molecule has 0 radical (unpaired) electrons. The van der Waals surface area contributed by atoms with Crippen LogP contribution in [0.25, 0.3) is 0 Å². The summed E-state index contributed by atoms with van der Waals surface area (Å²) in [5.41, 5.74) is 1.50. The molecule has 1 aliphatic rings. The van der Waals surface area contributed by atoms with Crippen molar-refractivity contribution in [1.82, 2.24) is 15.6 Å². The molecule has 2 rings (SSSR count). The van der Waals surface area contributed by atoms with Crippen LogP contribution in [0.2, 0.25) is 0 Å². The van der Waals surface area contributed by atoms with Gasteiger partial charge in [-0.2, -0.15) is 0 Å². The molecule has 0 spiro atoms. The molecule has 102 valence electrons. The predicted molar refractivity (Wildman–Crippen MR) is 76.9 cm³/mol. The van der Waals surface area contributed by atoms with E-state index in [4.69, 9.17) is 0 Å². The second-order valence-electron chi connectivity index (χ2n) is 6.15. The van der Waals surface area contributed by atoms with E-state index in [1.165, 1.54) is 38.0 Å².